The molecular weight excluding hydrogens is 212 g/mol. The van der Waals surface area contributed by atoms with Crippen molar-refractivity contribution in [3.63, 3.8) is 0 Å². The number of carbonyl (C=O) groups is 1. The Balaban J connectivity index is 1.81. The first-order valence-corrected chi connectivity index (χ1v) is 6.81. The van der Waals surface area contributed by atoms with Gasteiger partial charge in [-0.25, -0.2) is 0 Å². The summed E-state index contributed by atoms with van der Waals surface area (Å²) in [7, 11) is 0. The molecule has 0 unspecified atom stereocenters. The minimum absolute atomic E-state index is 0.120. The molecule has 2 heteroatoms. The van der Waals surface area contributed by atoms with Crippen LogP contribution >= 0.6 is 0 Å². The fraction of sp³-hybridized carbons (Fsp3) is 0.800. The summed E-state index contributed by atoms with van der Waals surface area (Å²) in [6, 6.07) is 0. The minimum atomic E-state index is 0.120. The maximum atomic E-state index is 11.1. The lowest BCUT2D eigenvalue weighted by Crippen LogP contribution is -2.11. The molecule has 2 aliphatic carbocycles. The van der Waals surface area contributed by atoms with E-state index in [1.54, 1.807) is 0 Å². The van der Waals surface area contributed by atoms with E-state index in [9.17, 15) is 4.79 Å². The fourth-order valence-corrected chi connectivity index (χ4v) is 3.70. The second kappa shape index (κ2) is 3.44. The van der Waals surface area contributed by atoms with Gasteiger partial charge in [0.2, 0.25) is 0 Å². The van der Waals surface area contributed by atoms with Gasteiger partial charge in [-0.05, 0) is 55.4 Å². The molecule has 0 bridgehead atoms. The maximum absolute atomic E-state index is 11.1. The van der Waals surface area contributed by atoms with Gasteiger partial charge in [-0.3, -0.25) is 4.79 Å². The second-order valence-electron chi connectivity index (χ2n) is 6.81. The van der Waals surface area contributed by atoms with Gasteiger partial charge < -0.3 is 4.74 Å². The maximum Gasteiger partial charge on any atom is 0.145 e. The Morgan fingerprint density at radius 1 is 1.35 bits per heavy atom. The molecule has 0 N–H and O–H groups in total. The molecule has 0 spiro atoms. The van der Waals surface area contributed by atoms with Gasteiger partial charge in [-0.1, -0.05) is 19.9 Å². The van der Waals surface area contributed by atoms with Crippen LogP contribution in [0.4, 0.5) is 0 Å². The number of hydrogen-bond donors (Lipinski definition) is 0. The van der Waals surface area contributed by atoms with Gasteiger partial charge in [-0.15, -0.1) is 0 Å². The molecule has 1 saturated carbocycles. The lowest BCUT2D eigenvalue weighted by molar-refractivity contribution is -0.105. The number of hydrogen-bond acceptors (Lipinski definition) is 2. The predicted molar refractivity (Wildman–Crippen MR) is 66.7 cm³/mol. The standard InChI is InChI=1S/C15H22O2/c1-14(2)11-6-7-15(3)13(17-15)5-4-10(9-16)8-12(11)14/h8-9,11-13H,4-7H2,1-3H3/b10-8+/t11-,12+,13-,15-/m1/s1. The molecule has 2 fully saturated rings. The Bertz CT molecular complexity index is 382. The molecule has 0 aromatic rings. The Hall–Kier alpha value is -0.630. The van der Waals surface area contributed by atoms with Crippen LogP contribution in [0.1, 0.15) is 46.5 Å². The predicted octanol–water partition coefficient (Wildman–Crippen LogP) is 3.12. The molecule has 3 rings (SSSR count). The topological polar surface area (TPSA) is 29.6 Å². The third-order valence-corrected chi connectivity index (χ3v) is 5.37. The third-order valence-electron chi connectivity index (χ3n) is 5.37. The molecule has 17 heavy (non-hydrogen) atoms. The highest BCUT2D eigenvalue weighted by Gasteiger charge is 2.59. The van der Waals surface area contributed by atoms with E-state index in [-0.39, 0.29) is 5.60 Å². The molecule has 0 aromatic carbocycles. The van der Waals surface area contributed by atoms with Crippen LogP contribution in [0.5, 0.6) is 0 Å². The molecule has 2 nitrogen and oxygen atoms in total. The van der Waals surface area contributed by atoms with Crippen molar-refractivity contribution in [1.82, 2.24) is 0 Å². The zero-order valence-electron chi connectivity index (χ0n) is 11.0. The number of carbonyl (C=O) groups excluding carboxylic acids is 1. The van der Waals surface area contributed by atoms with E-state index in [0.717, 1.165) is 30.6 Å². The Kier molecular flexibility index (Phi) is 2.32. The fourth-order valence-electron chi connectivity index (χ4n) is 3.70. The average Bonchev–Trinajstić information content (AvgIpc) is 3.07. The summed E-state index contributed by atoms with van der Waals surface area (Å²) in [4.78, 5) is 11.1. The van der Waals surface area contributed by atoms with Gasteiger partial charge in [-0.2, -0.15) is 0 Å². The summed E-state index contributed by atoms with van der Waals surface area (Å²) < 4.78 is 5.82. The molecule has 1 aliphatic heterocycles. The normalized spacial score (nSPS) is 50.3. The van der Waals surface area contributed by atoms with Crippen LogP contribution in [0.2, 0.25) is 0 Å². The number of aldehydes is 1. The van der Waals surface area contributed by atoms with Gasteiger partial charge >= 0.3 is 0 Å². The molecular formula is C15H22O2. The summed E-state index contributed by atoms with van der Waals surface area (Å²) in [5.74, 6) is 1.36. The largest absolute Gasteiger partial charge is 0.366 e. The van der Waals surface area contributed by atoms with E-state index in [1.165, 1.54) is 12.8 Å². The van der Waals surface area contributed by atoms with Crippen molar-refractivity contribution in [3.05, 3.63) is 11.6 Å². The molecule has 4 atom stereocenters. The van der Waals surface area contributed by atoms with E-state index in [1.807, 2.05) is 0 Å². The van der Waals surface area contributed by atoms with Crippen LogP contribution < -0.4 is 0 Å². The average molecular weight is 234 g/mol. The monoisotopic (exact) mass is 234 g/mol. The van der Waals surface area contributed by atoms with E-state index in [2.05, 4.69) is 26.8 Å². The van der Waals surface area contributed by atoms with Crippen molar-refractivity contribution >= 4 is 6.29 Å². The van der Waals surface area contributed by atoms with E-state index in [0.29, 0.717) is 17.4 Å². The van der Waals surface area contributed by atoms with Crippen molar-refractivity contribution < 1.29 is 9.53 Å². The molecule has 1 heterocycles. The minimum Gasteiger partial charge on any atom is -0.366 e. The Morgan fingerprint density at radius 2 is 2.12 bits per heavy atom. The quantitative estimate of drug-likeness (QED) is 0.515. The lowest BCUT2D eigenvalue weighted by Gasteiger charge is -2.08. The van der Waals surface area contributed by atoms with Crippen LogP contribution in [0, 0.1) is 17.3 Å². The van der Waals surface area contributed by atoms with E-state index < -0.39 is 0 Å². The second-order valence-corrected chi connectivity index (χ2v) is 6.81. The van der Waals surface area contributed by atoms with Gasteiger partial charge in [0.15, 0.2) is 0 Å². The number of fused-ring (bicyclic) bond motifs is 2. The van der Waals surface area contributed by atoms with Crippen molar-refractivity contribution in [2.45, 2.75) is 58.2 Å². The molecule has 0 aromatic heterocycles. The van der Waals surface area contributed by atoms with E-state index in [4.69, 9.17) is 4.74 Å². The summed E-state index contributed by atoms with van der Waals surface area (Å²) >= 11 is 0. The Labute approximate surface area is 103 Å². The number of rotatable bonds is 1. The lowest BCUT2D eigenvalue weighted by atomic mass is 9.93. The summed E-state index contributed by atoms with van der Waals surface area (Å²) in [6.45, 7) is 6.88. The number of allylic oxidation sites excluding steroid dienone is 2. The first-order valence-electron chi connectivity index (χ1n) is 6.81. The van der Waals surface area contributed by atoms with Crippen LogP contribution in [0.25, 0.3) is 0 Å². The van der Waals surface area contributed by atoms with E-state index >= 15 is 0 Å². The van der Waals surface area contributed by atoms with Gasteiger partial charge in [0.25, 0.3) is 0 Å². The molecule has 3 aliphatic rings. The first-order chi connectivity index (χ1) is 7.97. The van der Waals surface area contributed by atoms with Crippen LogP contribution in [-0.2, 0) is 9.53 Å². The van der Waals surface area contributed by atoms with Gasteiger partial charge in [0.05, 0.1) is 11.7 Å². The van der Waals surface area contributed by atoms with Crippen LogP contribution in [0.15, 0.2) is 11.6 Å². The number of ether oxygens (including phenoxy) is 1. The van der Waals surface area contributed by atoms with Crippen molar-refractivity contribution in [2.75, 3.05) is 0 Å². The summed E-state index contributed by atoms with van der Waals surface area (Å²) in [5, 5.41) is 0. The first kappa shape index (κ1) is 11.5. The zero-order chi connectivity index (χ0) is 12.3. The van der Waals surface area contributed by atoms with Crippen molar-refractivity contribution in [1.29, 1.82) is 0 Å². The molecule has 1 saturated heterocycles. The molecule has 94 valence electrons. The van der Waals surface area contributed by atoms with Crippen LogP contribution in [-0.4, -0.2) is 18.0 Å². The summed E-state index contributed by atoms with van der Waals surface area (Å²) in [6.07, 6.45) is 8.02. The van der Waals surface area contributed by atoms with Gasteiger partial charge in [0.1, 0.15) is 6.29 Å². The third kappa shape index (κ3) is 1.77. The van der Waals surface area contributed by atoms with Gasteiger partial charge in [0, 0.05) is 0 Å². The Morgan fingerprint density at radius 3 is 2.82 bits per heavy atom. The summed E-state index contributed by atoms with van der Waals surface area (Å²) in [5.41, 5.74) is 1.50. The highest BCUT2D eigenvalue weighted by atomic mass is 16.6. The molecule has 0 radical (unpaired) electrons. The number of epoxide rings is 1. The highest BCUT2D eigenvalue weighted by Crippen LogP contribution is 2.63. The smallest absolute Gasteiger partial charge is 0.145 e. The van der Waals surface area contributed by atoms with Crippen LogP contribution in [0.3, 0.4) is 0 Å². The zero-order valence-corrected chi connectivity index (χ0v) is 11.0. The van der Waals surface area contributed by atoms with Crippen molar-refractivity contribution in [3.8, 4) is 0 Å². The molecule has 0 amide bonds. The SMILES string of the molecule is CC1(C)[C@@H]2CC[C@@]3(C)O[C@@H]3CC/C(C=O)=C\[C@@H]21. The highest BCUT2D eigenvalue weighted by molar-refractivity contribution is 5.73. The van der Waals surface area contributed by atoms with Crippen molar-refractivity contribution in [2.24, 2.45) is 17.3 Å².